The van der Waals surface area contributed by atoms with Gasteiger partial charge in [0.05, 0.1) is 25.9 Å². The van der Waals surface area contributed by atoms with Crippen molar-refractivity contribution in [3.8, 4) is 0 Å². The van der Waals surface area contributed by atoms with Gasteiger partial charge in [-0.05, 0) is 44.9 Å². The van der Waals surface area contributed by atoms with Gasteiger partial charge in [0.2, 0.25) is 18.1 Å². The predicted molar refractivity (Wildman–Crippen MR) is 244 cm³/mol. The number of methoxy groups -OCH3 is 2. The Morgan fingerprint density at radius 1 is 0.817 bits per heavy atom. The molecule has 16 heteroatoms. The summed E-state index contributed by atoms with van der Waals surface area (Å²) in [5.41, 5.74) is 0. The first kappa shape index (κ1) is 57.0. The molecule has 350 valence electrons. The largest absolute Gasteiger partial charge is 0.475 e. The summed E-state index contributed by atoms with van der Waals surface area (Å²) in [6, 6.07) is -1.14. The predicted octanol–water partition coefficient (Wildman–Crippen LogP) is 12.3. The number of alkyl halides is 3. The molecule has 6 atom stereocenters. The molecule has 0 aromatic rings. The van der Waals surface area contributed by atoms with Gasteiger partial charge < -0.3 is 29.0 Å². The molecule has 0 bridgehead atoms. The van der Waals surface area contributed by atoms with Crippen LogP contribution < -0.4 is 5.32 Å². The first-order valence-electron chi connectivity index (χ1n) is 22.2. The van der Waals surface area contributed by atoms with E-state index >= 15 is 0 Å². The van der Waals surface area contributed by atoms with Crippen LogP contribution in [0.15, 0.2) is 37.5 Å². The molecule has 1 rings (SSSR count). The average molecular weight is 932 g/mol. The van der Waals surface area contributed by atoms with Crippen molar-refractivity contribution >= 4 is 54.4 Å². The number of carbonyl (C=O) groups is 1. The zero-order valence-corrected chi connectivity index (χ0v) is 40.2. The van der Waals surface area contributed by atoms with E-state index in [2.05, 4.69) is 44.5 Å². The van der Waals surface area contributed by atoms with Crippen molar-refractivity contribution in [3.63, 3.8) is 0 Å². The van der Waals surface area contributed by atoms with Gasteiger partial charge in [-0.3, -0.25) is 23.8 Å². The van der Waals surface area contributed by atoms with Crippen molar-refractivity contribution in [2.45, 2.75) is 189 Å². The smallest absolute Gasteiger partial charge is 0.446 e. The lowest BCUT2D eigenvalue weighted by atomic mass is 9.96. The molecule has 0 aromatic heterocycles. The van der Waals surface area contributed by atoms with Gasteiger partial charge in [-0.2, -0.15) is 0 Å². The second-order valence-electron chi connectivity index (χ2n) is 15.2. The summed E-state index contributed by atoms with van der Waals surface area (Å²) in [6.07, 6.45) is 24.4. The number of nitrogens with one attached hydrogen (secondary N) is 2. The minimum absolute atomic E-state index is 0.0990. The Morgan fingerprint density at radius 3 is 1.92 bits per heavy atom. The third-order valence-electron chi connectivity index (χ3n) is 10.1. The van der Waals surface area contributed by atoms with Gasteiger partial charge in [-0.25, -0.2) is 4.57 Å². The topological polar surface area (TPSA) is 144 Å². The summed E-state index contributed by atoms with van der Waals surface area (Å²) in [7, 11) is -1.21. The highest BCUT2D eigenvalue weighted by Crippen LogP contribution is 2.52. The van der Waals surface area contributed by atoms with E-state index in [4.69, 9.17) is 77.5 Å². The maximum Gasteiger partial charge on any atom is 0.475 e. The van der Waals surface area contributed by atoms with Crippen LogP contribution in [-0.2, 0) is 46.6 Å². The summed E-state index contributed by atoms with van der Waals surface area (Å²) >= 11 is 18.1. The SMILES string of the molecule is C=CCOP(=O)(OCC=C)O[C@H]1C(OCC[C@@H](CCCCCCC)OC)[C@@H](NC(=O)CCCCCCCCC/C=C\CCCCCC)[C@@H](OC(=N)C(Cl)(Cl)Cl)O[C@@H]1COC. The zero-order valence-electron chi connectivity index (χ0n) is 37.0. The molecule has 1 amide bonds. The maximum absolute atomic E-state index is 14.1. The van der Waals surface area contributed by atoms with E-state index in [0.29, 0.717) is 12.8 Å². The van der Waals surface area contributed by atoms with Gasteiger partial charge >= 0.3 is 7.82 Å². The van der Waals surface area contributed by atoms with Gasteiger partial charge in [0.15, 0.2) is 0 Å². The lowest BCUT2D eigenvalue weighted by Gasteiger charge is -2.46. The molecule has 0 radical (unpaired) electrons. The monoisotopic (exact) mass is 930 g/mol. The average Bonchev–Trinajstić information content (AvgIpc) is 3.21. The number of halogens is 3. The number of hydrogen-bond acceptors (Lipinski definition) is 11. The molecule has 0 aromatic carbocycles. The third kappa shape index (κ3) is 25.9. The van der Waals surface area contributed by atoms with Gasteiger partial charge in [0.1, 0.15) is 24.4 Å². The number of hydrogen-bond donors (Lipinski definition) is 2. The molecule has 0 spiro atoms. The van der Waals surface area contributed by atoms with E-state index in [0.717, 1.165) is 64.2 Å². The Bertz CT molecular complexity index is 1210. The summed E-state index contributed by atoms with van der Waals surface area (Å²) < 4.78 is 59.0. The first-order valence-corrected chi connectivity index (χ1v) is 24.8. The summed E-state index contributed by atoms with van der Waals surface area (Å²) in [6.45, 7) is 11.4. The maximum atomic E-state index is 14.1. The van der Waals surface area contributed by atoms with E-state index in [9.17, 15) is 9.36 Å². The Morgan fingerprint density at radius 2 is 1.37 bits per heavy atom. The standard InChI is InChI=1S/C44H78Cl3N2O10P/c1-7-11-13-15-16-17-18-19-20-21-22-23-24-26-28-30-38(50)49-39-41(54-34-31-36(53-6)29-27-25-14-12-8-2)40(59-60(51,55-32-9-3)56-33-10-4)37(35-52-5)57-42(39)58-43(48)44(45,46)47/h9-10,17-18,36-37,39-42,48H,3-4,7-8,11-16,19-35H2,1-2,5-6H3,(H,49,50)/b18-17-,48-43?/t36-,37-,39-,40-,41?,42-/m1/s1. The minimum atomic E-state index is -4.33. The van der Waals surface area contributed by atoms with Crippen LogP contribution in [0.25, 0.3) is 0 Å². The Labute approximate surface area is 377 Å². The zero-order chi connectivity index (χ0) is 44.5. The fraction of sp³-hybridized carbons (Fsp3) is 0.818. The van der Waals surface area contributed by atoms with Crippen LogP contribution in [0.1, 0.15) is 149 Å². The highest BCUT2D eigenvalue weighted by Gasteiger charge is 2.53. The van der Waals surface area contributed by atoms with Crippen LogP contribution >= 0.6 is 42.6 Å². The van der Waals surface area contributed by atoms with Crippen molar-refractivity contribution in [1.29, 1.82) is 5.41 Å². The summed E-state index contributed by atoms with van der Waals surface area (Å²) in [5, 5.41) is 11.4. The fourth-order valence-corrected chi connectivity index (χ4v) is 8.26. The summed E-state index contributed by atoms with van der Waals surface area (Å²) in [5.74, 6) is -1.05. The lowest BCUT2D eigenvalue weighted by molar-refractivity contribution is -0.256. The molecule has 0 saturated carbocycles. The van der Waals surface area contributed by atoms with E-state index in [1.54, 1.807) is 7.11 Å². The van der Waals surface area contributed by atoms with Crippen LogP contribution in [0.3, 0.4) is 0 Å². The molecule has 1 unspecified atom stereocenters. The van der Waals surface area contributed by atoms with Gasteiger partial charge in [0.25, 0.3) is 3.79 Å². The first-order chi connectivity index (χ1) is 28.9. The number of rotatable bonds is 38. The molecule has 1 saturated heterocycles. The van der Waals surface area contributed by atoms with Crippen LogP contribution in [-0.4, -0.2) is 93.0 Å². The highest BCUT2D eigenvalue weighted by molar-refractivity contribution is 7.48. The third-order valence-corrected chi connectivity index (χ3v) is 12.1. The normalized spacial score (nSPS) is 20.3. The molecule has 1 aliphatic heterocycles. The summed E-state index contributed by atoms with van der Waals surface area (Å²) in [4.78, 5) is 13.7. The Kier molecular flexibility index (Phi) is 33.6. The number of ether oxygens (including phenoxy) is 5. The highest BCUT2D eigenvalue weighted by atomic mass is 35.6. The van der Waals surface area contributed by atoms with Gasteiger partial charge in [-0.15, -0.1) is 13.2 Å². The number of allylic oxidation sites excluding steroid dienone is 2. The molecular weight excluding hydrogens is 854 g/mol. The van der Waals surface area contributed by atoms with Crippen LogP contribution in [0.2, 0.25) is 0 Å². The molecular formula is C44H78Cl3N2O10P. The van der Waals surface area contributed by atoms with Gasteiger partial charge in [0, 0.05) is 27.2 Å². The lowest BCUT2D eigenvalue weighted by Crippen LogP contribution is -2.66. The number of amides is 1. The van der Waals surface area contributed by atoms with Crippen LogP contribution in [0.5, 0.6) is 0 Å². The second kappa shape index (κ2) is 35.3. The van der Waals surface area contributed by atoms with E-state index in [1.165, 1.54) is 70.6 Å². The number of carbonyl (C=O) groups excluding carboxylic acids is 1. The molecule has 1 fully saturated rings. The molecule has 60 heavy (non-hydrogen) atoms. The Hall–Kier alpha value is -1.02. The minimum Gasteiger partial charge on any atom is -0.446 e. The van der Waals surface area contributed by atoms with Crippen molar-refractivity contribution in [1.82, 2.24) is 5.32 Å². The molecule has 0 aliphatic carbocycles. The van der Waals surface area contributed by atoms with E-state index in [1.807, 2.05) is 0 Å². The van der Waals surface area contributed by atoms with E-state index in [-0.39, 0.29) is 44.9 Å². The number of unbranched alkanes of at least 4 members (excludes halogenated alkanes) is 15. The Balaban J connectivity index is 3.20. The quantitative estimate of drug-likeness (QED) is 0.0153. The molecule has 1 aliphatic rings. The molecule has 1 heterocycles. The van der Waals surface area contributed by atoms with Gasteiger partial charge in [-0.1, -0.05) is 156 Å². The van der Waals surface area contributed by atoms with E-state index < -0.39 is 48.2 Å². The number of phosphoric ester groups is 1. The van der Waals surface area contributed by atoms with Crippen molar-refractivity contribution < 1.29 is 46.6 Å². The van der Waals surface area contributed by atoms with Crippen molar-refractivity contribution in [2.24, 2.45) is 0 Å². The number of phosphoric acid groups is 1. The van der Waals surface area contributed by atoms with Crippen molar-refractivity contribution in [3.05, 3.63) is 37.5 Å². The molecule has 12 nitrogen and oxygen atoms in total. The van der Waals surface area contributed by atoms with Crippen LogP contribution in [0.4, 0.5) is 0 Å². The fourth-order valence-electron chi connectivity index (χ4n) is 6.80. The van der Waals surface area contributed by atoms with Crippen LogP contribution in [0, 0.1) is 5.41 Å². The van der Waals surface area contributed by atoms with Crippen molar-refractivity contribution in [2.75, 3.05) is 40.6 Å². The second-order valence-corrected chi connectivity index (χ2v) is 19.1. The molecule has 2 N–H and O–H groups in total.